The van der Waals surface area contributed by atoms with Gasteiger partial charge < -0.3 is 19.4 Å². The summed E-state index contributed by atoms with van der Waals surface area (Å²) in [4.78, 5) is 33.2. The van der Waals surface area contributed by atoms with Crippen LogP contribution < -0.4 is 9.80 Å². The molecule has 0 radical (unpaired) electrons. The zero-order chi connectivity index (χ0) is 25.0. The third kappa shape index (κ3) is 4.05. The monoisotopic (exact) mass is 475 g/mol. The summed E-state index contributed by atoms with van der Waals surface area (Å²) >= 11 is 0. The molecular weight excluding hydrogens is 442 g/mol. The van der Waals surface area contributed by atoms with E-state index in [0.717, 1.165) is 36.8 Å². The fourth-order valence-electron chi connectivity index (χ4n) is 5.55. The van der Waals surface area contributed by atoms with Crippen molar-refractivity contribution in [3.05, 3.63) is 35.8 Å². The largest absolute Gasteiger partial charge is 0.444 e. The van der Waals surface area contributed by atoms with E-state index in [1.807, 2.05) is 31.7 Å². The maximum atomic E-state index is 12.8. The minimum atomic E-state index is -0.526. The summed E-state index contributed by atoms with van der Waals surface area (Å²) < 4.78 is 5.66. The molecule has 1 spiro atoms. The Labute approximate surface area is 206 Å². The minimum Gasteiger partial charge on any atom is -0.444 e. The quantitative estimate of drug-likeness (QED) is 0.639. The molecule has 1 aliphatic carbocycles. The highest BCUT2D eigenvalue weighted by Crippen LogP contribution is 2.56. The summed E-state index contributed by atoms with van der Waals surface area (Å²) in [5, 5.41) is 9.39. The first-order chi connectivity index (χ1) is 16.6. The van der Waals surface area contributed by atoms with E-state index in [9.17, 15) is 10.1 Å². The molecule has 2 aromatic heterocycles. The molecule has 0 N–H and O–H groups in total. The van der Waals surface area contributed by atoms with Crippen LogP contribution in [0, 0.1) is 11.3 Å². The molecule has 0 aromatic carbocycles. The van der Waals surface area contributed by atoms with Gasteiger partial charge in [-0.3, -0.25) is 0 Å². The molecule has 9 heteroatoms. The molecule has 4 heterocycles. The molecule has 1 amide bonds. The Bertz CT molecular complexity index is 1180. The number of nitrogens with zero attached hydrogens (tertiary/aromatic N) is 7. The van der Waals surface area contributed by atoms with Gasteiger partial charge in [0, 0.05) is 48.9 Å². The number of anilines is 3. The van der Waals surface area contributed by atoms with Crippen molar-refractivity contribution in [3.63, 3.8) is 0 Å². The van der Waals surface area contributed by atoms with E-state index in [4.69, 9.17) is 14.7 Å². The average Bonchev–Trinajstić information content (AvgIpc) is 3.16. The van der Waals surface area contributed by atoms with Crippen molar-refractivity contribution in [2.75, 3.05) is 29.4 Å². The predicted octanol–water partition coefficient (Wildman–Crippen LogP) is 4.15. The van der Waals surface area contributed by atoms with Crippen molar-refractivity contribution in [3.8, 4) is 6.07 Å². The van der Waals surface area contributed by atoms with Crippen LogP contribution in [0.25, 0.3) is 0 Å². The van der Waals surface area contributed by atoms with Crippen molar-refractivity contribution in [1.29, 1.82) is 5.26 Å². The van der Waals surface area contributed by atoms with E-state index < -0.39 is 5.60 Å². The molecule has 5 rings (SSSR count). The van der Waals surface area contributed by atoms with Crippen LogP contribution in [-0.4, -0.2) is 63.3 Å². The first-order valence-electron chi connectivity index (χ1n) is 12.4. The molecule has 184 valence electrons. The van der Waals surface area contributed by atoms with Gasteiger partial charge in [-0.05, 0) is 59.6 Å². The summed E-state index contributed by atoms with van der Waals surface area (Å²) in [6.45, 7) is 11.9. The average molecular weight is 476 g/mol. The molecule has 2 fully saturated rings. The molecule has 0 bridgehead atoms. The van der Waals surface area contributed by atoms with E-state index in [0.29, 0.717) is 18.7 Å². The van der Waals surface area contributed by atoms with E-state index in [1.165, 1.54) is 12.0 Å². The molecule has 0 unspecified atom stereocenters. The molecule has 9 nitrogen and oxygen atoms in total. The van der Waals surface area contributed by atoms with Gasteiger partial charge in [-0.15, -0.1) is 0 Å². The molecule has 2 atom stereocenters. The van der Waals surface area contributed by atoms with Crippen molar-refractivity contribution < 1.29 is 9.53 Å². The van der Waals surface area contributed by atoms with Gasteiger partial charge in [0.15, 0.2) is 0 Å². The summed E-state index contributed by atoms with van der Waals surface area (Å²) in [5.41, 5.74) is 1.23. The lowest BCUT2D eigenvalue weighted by Crippen LogP contribution is -2.59. The van der Waals surface area contributed by atoms with Crippen LogP contribution in [0.1, 0.15) is 65.0 Å². The summed E-state index contributed by atoms with van der Waals surface area (Å²) in [5.74, 6) is 2.58. The number of rotatable bonds is 2. The maximum absolute atomic E-state index is 12.8. The van der Waals surface area contributed by atoms with Gasteiger partial charge >= 0.3 is 6.09 Å². The number of hydrogen-bond acceptors (Lipinski definition) is 8. The number of nitriles is 1. The normalized spacial score (nSPS) is 23.0. The van der Waals surface area contributed by atoms with Gasteiger partial charge in [-0.1, -0.05) is 6.42 Å². The third-order valence-electron chi connectivity index (χ3n) is 7.40. The third-order valence-corrected chi connectivity index (χ3v) is 7.40. The van der Waals surface area contributed by atoms with Crippen molar-refractivity contribution in [2.24, 2.45) is 0 Å². The summed E-state index contributed by atoms with van der Waals surface area (Å²) in [6.07, 6.45) is 6.37. The second-order valence-electron chi connectivity index (χ2n) is 11.1. The number of amides is 1. The van der Waals surface area contributed by atoms with Gasteiger partial charge in [0.1, 0.15) is 29.4 Å². The van der Waals surface area contributed by atoms with Crippen LogP contribution in [0.15, 0.2) is 24.7 Å². The number of aromatic nitrogens is 3. The molecule has 35 heavy (non-hydrogen) atoms. The van der Waals surface area contributed by atoms with E-state index in [2.05, 4.69) is 34.7 Å². The van der Waals surface area contributed by atoms with E-state index in [-0.39, 0.29) is 23.6 Å². The Balaban J connectivity index is 1.48. The van der Waals surface area contributed by atoms with Crippen molar-refractivity contribution >= 4 is 23.5 Å². The number of hydrogen-bond donors (Lipinski definition) is 0. The number of piperazine rings is 1. The van der Waals surface area contributed by atoms with Gasteiger partial charge in [-0.25, -0.2) is 19.7 Å². The van der Waals surface area contributed by atoms with Gasteiger partial charge in [0.05, 0.1) is 11.6 Å². The lowest BCUT2D eigenvalue weighted by atomic mass is 9.66. The second kappa shape index (κ2) is 8.36. The van der Waals surface area contributed by atoms with Crippen LogP contribution in [0.3, 0.4) is 0 Å². The Hall–Kier alpha value is -3.41. The van der Waals surface area contributed by atoms with Gasteiger partial charge in [-0.2, -0.15) is 5.26 Å². The molecule has 1 saturated carbocycles. The number of pyridine rings is 1. The SMILES string of the molecule is C[C@@H]1CN(c2ncnc3c2C2(CCC2)CN3c2cc(C#N)ccn2)[C@@H](C)CN1C(=O)OC(C)(C)C. The Morgan fingerprint density at radius 3 is 2.54 bits per heavy atom. The predicted molar refractivity (Wildman–Crippen MR) is 133 cm³/mol. The number of carbonyl (C=O) groups is 1. The van der Waals surface area contributed by atoms with Crippen LogP contribution in [0.5, 0.6) is 0 Å². The smallest absolute Gasteiger partial charge is 0.410 e. The second-order valence-corrected chi connectivity index (χ2v) is 11.1. The molecule has 3 aliphatic rings. The Kier molecular flexibility index (Phi) is 5.58. The van der Waals surface area contributed by atoms with Crippen molar-refractivity contribution in [2.45, 2.75) is 77.0 Å². The molecule has 2 aliphatic heterocycles. The van der Waals surface area contributed by atoms with Gasteiger partial charge in [0.2, 0.25) is 0 Å². The van der Waals surface area contributed by atoms with Crippen LogP contribution in [0.4, 0.5) is 22.2 Å². The Morgan fingerprint density at radius 2 is 1.89 bits per heavy atom. The molecular formula is C26H33N7O2. The van der Waals surface area contributed by atoms with E-state index >= 15 is 0 Å². The fraction of sp³-hybridized carbons (Fsp3) is 0.577. The number of ether oxygens (including phenoxy) is 1. The standard InChI is InChI=1S/C26H33N7O2/c1-17-14-32(24(34)35-25(3,4)5)18(2)13-31(17)22-21-23(30-16-29-22)33(15-26(21)8-6-9-26)20-11-19(12-27)7-10-28-20/h7,10-11,16-18H,6,8-9,13-15H2,1-5H3/t17-,18+/m0/s1. The lowest BCUT2D eigenvalue weighted by Gasteiger charge is -2.46. The lowest BCUT2D eigenvalue weighted by molar-refractivity contribution is 0.0129. The first-order valence-corrected chi connectivity index (χ1v) is 12.4. The minimum absolute atomic E-state index is 0.0124. The highest BCUT2D eigenvalue weighted by molar-refractivity contribution is 5.75. The first kappa shape index (κ1) is 23.3. The Morgan fingerprint density at radius 1 is 1.14 bits per heavy atom. The highest BCUT2D eigenvalue weighted by Gasteiger charge is 2.52. The van der Waals surface area contributed by atoms with Gasteiger partial charge in [0.25, 0.3) is 0 Å². The summed E-state index contributed by atoms with van der Waals surface area (Å²) in [6, 6.07) is 5.82. The molecule has 1 saturated heterocycles. The highest BCUT2D eigenvalue weighted by atomic mass is 16.6. The van der Waals surface area contributed by atoms with E-state index in [1.54, 1.807) is 18.6 Å². The zero-order valence-electron chi connectivity index (χ0n) is 21.2. The number of carbonyl (C=O) groups excluding carboxylic acids is 1. The number of fused-ring (bicyclic) bond motifs is 2. The fourth-order valence-corrected chi connectivity index (χ4v) is 5.55. The summed E-state index contributed by atoms with van der Waals surface area (Å²) in [7, 11) is 0. The van der Waals surface area contributed by atoms with Crippen molar-refractivity contribution in [1.82, 2.24) is 19.9 Å². The van der Waals surface area contributed by atoms with Crippen LogP contribution >= 0.6 is 0 Å². The topological polar surface area (TPSA) is 98.5 Å². The van der Waals surface area contributed by atoms with Crippen LogP contribution in [-0.2, 0) is 10.2 Å². The maximum Gasteiger partial charge on any atom is 0.410 e. The zero-order valence-corrected chi connectivity index (χ0v) is 21.2. The van der Waals surface area contributed by atoms with Crippen LogP contribution in [0.2, 0.25) is 0 Å². The molecule has 2 aromatic rings.